The van der Waals surface area contributed by atoms with Gasteiger partial charge in [-0.3, -0.25) is 0 Å². The van der Waals surface area contributed by atoms with Crippen LogP contribution in [0.3, 0.4) is 0 Å². The highest BCUT2D eigenvalue weighted by Crippen LogP contribution is 2.30. The van der Waals surface area contributed by atoms with Gasteiger partial charge in [-0.2, -0.15) is 13.2 Å². The lowest BCUT2D eigenvalue weighted by atomic mass is 10.2. The van der Waals surface area contributed by atoms with E-state index in [4.69, 9.17) is 16.3 Å². The van der Waals surface area contributed by atoms with Gasteiger partial charge >= 0.3 is 6.18 Å². The number of ether oxygens (including phenoxy) is 1. The first kappa shape index (κ1) is 15.1. The van der Waals surface area contributed by atoms with Crippen molar-refractivity contribution in [1.82, 2.24) is 5.32 Å². The van der Waals surface area contributed by atoms with Gasteiger partial charge in [0.25, 0.3) is 0 Å². The Morgan fingerprint density at radius 3 is 2.56 bits per heavy atom. The minimum atomic E-state index is -4.37. The van der Waals surface area contributed by atoms with Gasteiger partial charge < -0.3 is 10.1 Å². The van der Waals surface area contributed by atoms with Crippen molar-refractivity contribution in [3.63, 3.8) is 0 Å². The Hall–Kier alpha value is -0.940. The minimum absolute atomic E-state index is 0.0876. The summed E-state index contributed by atoms with van der Waals surface area (Å²) in [6.07, 6.45) is -4.37. The molecular formula is C12H15ClF3NO. The number of alkyl halides is 3. The fraction of sp³-hybridized carbons (Fsp3) is 0.500. The Morgan fingerprint density at radius 2 is 2.00 bits per heavy atom. The molecule has 1 aromatic rings. The third-order valence-electron chi connectivity index (χ3n) is 2.13. The molecule has 0 aliphatic heterocycles. The van der Waals surface area contributed by atoms with Crippen LogP contribution in [0.1, 0.15) is 19.4 Å². The Morgan fingerprint density at radius 1 is 1.33 bits per heavy atom. The van der Waals surface area contributed by atoms with E-state index in [1.54, 1.807) is 12.1 Å². The van der Waals surface area contributed by atoms with Crippen LogP contribution < -0.4 is 10.1 Å². The van der Waals surface area contributed by atoms with Crippen LogP contribution in [0.4, 0.5) is 13.2 Å². The van der Waals surface area contributed by atoms with Gasteiger partial charge in [-0.15, -0.1) is 0 Å². The van der Waals surface area contributed by atoms with E-state index in [0.29, 0.717) is 12.1 Å². The molecule has 0 aliphatic rings. The molecule has 0 saturated heterocycles. The summed E-state index contributed by atoms with van der Waals surface area (Å²) in [6, 6.07) is 5.10. The smallest absolute Gasteiger partial charge is 0.422 e. The third kappa shape index (κ3) is 5.14. The number of hydrogen-bond donors (Lipinski definition) is 1. The number of rotatable bonds is 5. The van der Waals surface area contributed by atoms with Crippen LogP contribution in [-0.4, -0.2) is 18.8 Å². The summed E-state index contributed by atoms with van der Waals surface area (Å²) in [4.78, 5) is 0. The van der Waals surface area contributed by atoms with E-state index in [1.807, 2.05) is 13.8 Å². The number of benzene rings is 1. The lowest BCUT2D eigenvalue weighted by molar-refractivity contribution is -0.153. The molecule has 1 N–H and O–H groups in total. The normalized spacial score (nSPS) is 11.9. The van der Waals surface area contributed by atoms with Crippen molar-refractivity contribution in [2.45, 2.75) is 32.6 Å². The lowest BCUT2D eigenvalue weighted by Gasteiger charge is -2.16. The van der Waals surface area contributed by atoms with Crippen molar-refractivity contribution in [2.75, 3.05) is 6.61 Å². The molecule has 0 amide bonds. The fourth-order valence-corrected chi connectivity index (χ4v) is 1.57. The largest absolute Gasteiger partial charge is 0.482 e. The molecule has 6 heteroatoms. The molecular weight excluding hydrogens is 267 g/mol. The predicted octanol–water partition coefficient (Wildman–Crippen LogP) is 3.78. The number of halogens is 4. The second-order valence-corrected chi connectivity index (χ2v) is 4.57. The zero-order valence-corrected chi connectivity index (χ0v) is 10.9. The van der Waals surface area contributed by atoms with Crippen molar-refractivity contribution in [3.8, 4) is 5.75 Å². The summed E-state index contributed by atoms with van der Waals surface area (Å²) in [5, 5.41) is 3.29. The van der Waals surface area contributed by atoms with E-state index in [9.17, 15) is 13.2 Å². The number of nitrogens with one attached hydrogen (secondary N) is 1. The van der Waals surface area contributed by atoms with Gasteiger partial charge in [0.15, 0.2) is 6.61 Å². The van der Waals surface area contributed by atoms with Crippen molar-refractivity contribution in [2.24, 2.45) is 0 Å². The minimum Gasteiger partial charge on any atom is -0.482 e. The summed E-state index contributed by atoms with van der Waals surface area (Å²) in [6.45, 7) is 2.96. The summed E-state index contributed by atoms with van der Waals surface area (Å²) >= 11 is 5.85. The second kappa shape index (κ2) is 6.29. The van der Waals surface area contributed by atoms with Crippen molar-refractivity contribution >= 4 is 11.6 Å². The third-order valence-corrected chi connectivity index (χ3v) is 2.43. The van der Waals surface area contributed by atoms with Crippen LogP contribution in [0.15, 0.2) is 18.2 Å². The zero-order valence-electron chi connectivity index (χ0n) is 10.1. The Bertz CT molecular complexity index is 393. The summed E-state index contributed by atoms with van der Waals surface area (Å²) in [5.41, 5.74) is 0.612. The first-order valence-electron chi connectivity index (χ1n) is 5.50. The molecule has 0 atom stereocenters. The molecule has 0 fully saturated rings. The van der Waals surface area contributed by atoms with Crippen LogP contribution in [0.5, 0.6) is 5.75 Å². The van der Waals surface area contributed by atoms with Gasteiger partial charge in [-0.05, 0) is 6.07 Å². The molecule has 0 heterocycles. The van der Waals surface area contributed by atoms with Crippen LogP contribution in [0.25, 0.3) is 0 Å². The highest BCUT2D eigenvalue weighted by molar-refractivity contribution is 6.32. The van der Waals surface area contributed by atoms with Crippen molar-refractivity contribution in [3.05, 3.63) is 28.8 Å². The van der Waals surface area contributed by atoms with Gasteiger partial charge in [0, 0.05) is 18.2 Å². The van der Waals surface area contributed by atoms with Gasteiger partial charge in [0.05, 0.1) is 5.02 Å². The Kier molecular flexibility index (Phi) is 5.28. The molecule has 18 heavy (non-hydrogen) atoms. The molecule has 0 aliphatic carbocycles. The van der Waals surface area contributed by atoms with Crippen LogP contribution in [0.2, 0.25) is 5.02 Å². The maximum absolute atomic E-state index is 12.1. The quantitative estimate of drug-likeness (QED) is 0.887. The first-order valence-corrected chi connectivity index (χ1v) is 5.87. The molecule has 2 nitrogen and oxygen atoms in total. The highest BCUT2D eigenvalue weighted by atomic mass is 35.5. The lowest BCUT2D eigenvalue weighted by Crippen LogP contribution is -2.23. The van der Waals surface area contributed by atoms with Gasteiger partial charge in [-0.25, -0.2) is 0 Å². The van der Waals surface area contributed by atoms with E-state index in [-0.39, 0.29) is 16.8 Å². The summed E-state index contributed by atoms with van der Waals surface area (Å²) in [7, 11) is 0. The molecule has 0 aromatic heterocycles. The molecule has 0 unspecified atom stereocenters. The maximum atomic E-state index is 12.1. The summed E-state index contributed by atoms with van der Waals surface area (Å²) < 4.78 is 41.2. The Balaban J connectivity index is 2.80. The first-order chi connectivity index (χ1) is 8.29. The van der Waals surface area contributed by atoms with Crippen molar-refractivity contribution < 1.29 is 17.9 Å². The van der Waals surface area contributed by atoms with Crippen LogP contribution in [0, 0.1) is 0 Å². The molecule has 0 radical (unpaired) electrons. The van der Waals surface area contributed by atoms with Gasteiger partial charge in [0.2, 0.25) is 0 Å². The standard InChI is InChI=1S/C12H15ClF3NO/c1-8(2)17-6-9-4-3-5-10(13)11(9)18-7-12(14,15)16/h3-5,8,17H,6-7H2,1-2H3. The monoisotopic (exact) mass is 281 g/mol. The van der Waals surface area contributed by atoms with E-state index in [2.05, 4.69) is 5.32 Å². The molecule has 0 saturated carbocycles. The van der Waals surface area contributed by atoms with Crippen LogP contribution in [-0.2, 0) is 6.54 Å². The van der Waals surface area contributed by atoms with E-state index >= 15 is 0 Å². The predicted molar refractivity (Wildman–Crippen MR) is 65.0 cm³/mol. The van der Waals surface area contributed by atoms with E-state index < -0.39 is 12.8 Å². The van der Waals surface area contributed by atoms with Crippen molar-refractivity contribution in [1.29, 1.82) is 0 Å². The number of para-hydroxylation sites is 1. The Labute approximate surface area is 109 Å². The molecule has 0 bridgehead atoms. The molecule has 1 aromatic carbocycles. The maximum Gasteiger partial charge on any atom is 0.422 e. The van der Waals surface area contributed by atoms with Crippen LogP contribution >= 0.6 is 11.6 Å². The second-order valence-electron chi connectivity index (χ2n) is 4.17. The average molecular weight is 282 g/mol. The highest BCUT2D eigenvalue weighted by Gasteiger charge is 2.29. The zero-order chi connectivity index (χ0) is 13.8. The van der Waals surface area contributed by atoms with Gasteiger partial charge in [0.1, 0.15) is 5.75 Å². The SMILES string of the molecule is CC(C)NCc1cccc(Cl)c1OCC(F)(F)F. The molecule has 0 spiro atoms. The number of hydrogen-bond acceptors (Lipinski definition) is 2. The van der Waals surface area contributed by atoms with E-state index in [1.165, 1.54) is 6.07 Å². The topological polar surface area (TPSA) is 21.3 Å². The summed E-state index contributed by atoms with van der Waals surface area (Å²) in [5.74, 6) is 0.0876. The average Bonchev–Trinajstić information content (AvgIpc) is 2.23. The van der Waals surface area contributed by atoms with Gasteiger partial charge in [-0.1, -0.05) is 37.6 Å². The molecule has 102 valence electrons. The molecule has 1 rings (SSSR count). The van der Waals surface area contributed by atoms with E-state index in [0.717, 1.165) is 0 Å². The fourth-order valence-electron chi connectivity index (χ4n) is 1.32.